The van der Waals surface area contributed by atoms with E-state index in [0.29, 0.717) is 49.6 Å². The van der Waals surface area contributed by atoms with Crippen LogP contribution in [0.3, 0.4) is 0 Å². The molecule has 39 heavy (non-hydrogen) atoms. The van der Waals surface area contributed by atoms with E-state index < -0.39 is 5.41 Å². The van der Waals surface area contributed by atoms with Gasteiger partial charge in [-0.2, -0.15) is 0 Å². The Morgan fingerprint density at radius 1 is 0.923 bits per heavy atom. The molecule has 1 fully saturated rings. The van der Waals surface area contributed by atoms with Crippen molar-refractivity contribution in [1.82, 2.24) is 19.8 Å². The van der Waals surface area contributed by atoms with Gasteiger partial charge in [-0.15, -0.1) is 0 Å². The summed E-state index contributed by atoms with van der Waals surface area (Å²) in [5, 5.41) is 0.815. The van der Waals surface area contributed by atoms with E-state index in [2.05, 4.69) is 22.0 Å². The summed E-state index contributed by atoms with van der Waals surface area (Å²) < 4.78 is 0. The minimum Gasteiger partial charge on any atom is -0.353 e. The number of hydrogen-bond acceptors (Lipinski definition) is 6. The molecule has 1 aliphatic heterocycles. The summed E-state index contributed by atoms with van der Waals surface area (Å²) >= 11 is 7.66. The van der Waals surface area contributed by atoms with Crippen molar-refractivity contribution >= 4 is 41.0 Å². The predicted molar refractivity (Wildman–Crippen MR) is 158 cm³/mol. The van der Waals surface area contributed by atoms with E-state index >= 15 is 0 Å². The molecule has 7 nitrogen and oxygen atoms in total. The van der Waals surface area contributed by atoms with Crippen LogP contribution in [0, 0.1) is 5.41 Å². The lowest BCUT2D eigenvalue weighted by Gasteiger charge is -2.38. The summed E-state index contributed by atoms with van der Waals surface area (Å²) in [6.07, 6.45) is 0.783. The maximum atomic E-state index is 13.4. The van der Waals surface area contributed by atoms with E-state index in [9.17, 15) is 9.59 Å². The first-order chi connectivity index (χ1) is 18.7. The second-order valence-electron chi connectivity index (χ2n) is 10.7. The molecule has 4 rings (SSSR count). The van der Waals surface area contributed by atoms with Crippen LogP contribution >= 0.6 is 23.4 Å². The van der Waals surface area contributed by atoms with Gasteiger partial charge in [-0.3, -0.25) is 9.59 Å². The summed E-state index contributed by atoms with van der Waals surface area (Å²) in [6, 6.07) is 22.0. The number of aromatic nitrogens is 2. The molecule has 0 N–H and O–H groups in total. The van der Waals surface area contributed by atoms with Crippen LogP contribution in [-0.4, -0.2) is 70.1 Å². The predicted octanol–water partition coefficient (Wildman–Crippen LogP) is 5.19. The number of carbonyl (C=O) groups excluding carboxylic acids is 2. The number of piperazine rings is 1. The largest absolute Gasteiger partial charge is 0.353 e. The Morgan fingerprint density at radius 3 is 2.15 bits per heavy atom. The first kappa shape index (κ1) is 28.9. The van der Waals surface area contributed by atoms with Crippen LogP contribution in [0.5, 0.6) is 0 Å². The number of thioether (sulfide) groups is 1. The van der Waals surface area contributed by atoms with Gasteiger partial charge in [0.15, 0.2) is 5.16 Å². The Morgan fingerprint density at radius 2 is 1.54 bits per heavy atom. The molecule has 2 amide bonds. The number of hydrogen-bond donors (Lipinski definition) is 0. The van der Waals surface area contributed by atoms with Crippen LogP contribution in [0.25, 0.3) is 0 Å². The lowest BCUT2D eigenvalue weighted by molar-refractivity contribution is -0.139. The van der Waals surface area contributed by atoms with E-state index in [0.717, 1.165) is 17.8 Å². The van der Waals surface area contributed by atoms with Crippen molar-refractivity contribution < 1.29 is 9.59 Å². The molecular formula is C30H36ClN5O2S. The van der Waals surface area contributed by atoms with E-state index in [1.165, 1.54) is 17.3 Å². The van der Waals surface area contributed by atoms with Crippen LogP contribution < -0.4 is 4.90 Å². The van der Waals surface area contributed by atoms with Gasteiger partial charge in [0, 0.05) is 50.7 Å². The molecular weight excluding hydrogens is 530 g/mol. The minimum atomic E-state index is -0.397. The molecule has 0 bridgehead atoms. The standard InChI is InChI=1S/C30H36ClN5O2S/c1-30(2,3)28(38)35-18-16-34(17-19-35)26-20-25(31)32-29(33-26)39-22-27(37)36(21-24-12-8-5-9-13-24)15-14-23-10-6-4-7-11-23/h4-13,20H,14-19,21-22H2,1-3H3. The molecule has 9 heteroatoms. The number of halogens is 1. The number of benzene rings is 2. The van der Waals surface area contributed by atoms with Crippen LogP contribution in [-0.2, 0) is 22.6 Å². The number of rotatable bonds is 9. The van der Waals surface area contributed by atoms with Gasteiger partial charge in [-0.05, 0) is 17.5 Å². The van der Waals surface area contributed by atoms with E-state index in [-0.39, 0.29) is 17.6 Å². The highest BCUT2D eigenvalue weighted by molar-refractivity contribution is 7.99. The van der Waals surface area contributed by atoms with Crippen molar-refractivity contribution in [2.24, 2.45) is 5.41 Å². The molecule has 1 aromatic heterocycles. The third kappa shape index (κ3) is 8.44. The fourth-order valence-corrected chi connectivity index (χ4v) is 5.43. The highest BCUT2D eigenvalue weighted by atomic mass is 35.5. The Labute approximate surface area is 240 Å². The van der Waals surface area contributed by atoms with Crippen molar-refractivity contribution in [1.29, 1.82) is 0 Å². The van der Waals surface area contributed by atoms with E-state index in [4.69, 9.17) is 16.6 Å². The van der Waals surface area contributed by atoms with Gasteiger partial charge in [0.1, 0.15) is 11.0 Å². The topological polar surface area (TPSA) is 69.6 Å². The average molecular weight is 566 g/mol. The number of anilines is 1. The quantitative estimate of drug-likeness (QED) is 0.202. The summed E-state index contributed by atoms with van der Waals surface area (Å²) in [5.74, 6) is 1.12. The molecule has 0 atom stereocenters. The summed E-state index contributed by atoms with van der Waals surface area (Å²) in [4.78, 5) is 41.0. The molecule has 0 unspecified atom stereocenters. The normalized spacial score (nSPS) is 13.8. The highest BCUT2D eigenvalue weighted by Crippen LogP contribution is 2.25. The molecule has 0 radical (unpaired) electrons. The maximum absolute atomic E-state index is 13.4. The second kappa shape index (κ2) is 13.3. The second-order valence-corrected chi connectivity index (χ2v) is 12.0. The minimum absolute atomic E-state index is 0.0271. The van der Waals surface area contributed by atoms with Crippen molar-refractivity contribution in [2.75, 3.05) is 43.4 Å². The fourth-order valence-electron chi connectivity index (χ4n) is 4.45. The van der Waals surface area contributed by atoms with E-state index in [1.807, 2.05) is 79.1 Å². The van der Waals surface area contributed by atoms with Gasteiger partial charge in [0.2, 0.25) is 11.8 Å². The lowest BCUT2D eigenvalue weighted by atomic mass is 9.94. The molecule has 0 saturated carbocycles. The third-order valence-electron chi connectivity index (χ3n) is 6.60. The maximum Gasteiger partial charge on any atom is 0.233 e. The molecule has 0 aliphatic carbocycles. The highest BCUT2D eigenvalue weighted by Gasteiger charge is 2.30. The van der Waals surface area contributed by atoms with Crippen LogP contribution in [0.4, 0.5) is 5.82 Å². The van der Waals surface area contributed by atoms with Crippen LogP contribution in [0.1, 0.15) is 31.9 Å². The molecule has 206 valence electrons. The first-order valence-electron chi connectivity index (χ1n) is 13.3. The third-order valence-corrected chi connectivity index (χ3v) is 7.63. The van der Waals surface area contributed by atoms with Crippen molar-refractivity contribution in [3.8, 4) is 0 Å². The molecule has 2 heterocycles. The fraction of sp³-hybridized carbons (Fsp3) is 0.400. The van der Waals surface area contributed by atoms with E-state index in [1.54, 1.807) is 6.07 Å². The van der Waals surface area contributed by atoms with Gasteiger partial charge < -0.3 is 14.7 Å². The zero-order chi connectivity index (χ0) is 27.8. The lowest BCUT2D eigenvalue weighted by Crippen LogP contribution is -2.51. The van der Waals surface area contributed by atoms with Crippen molar-refractivity contribution in [3.63, 3.8) is 0 Å². The number of amides is 2. The van der Waals surface area contributed by atoms with Crippen molar-refractivity contribution in [3.05, 3.63) is 83.0 Å². The Kier molecular flexibility index (Phi) is 9.86. The molecule has 0 spiro atoms. The van der Waals surface area contributed by atoms with Crippen molar-refractivity contribution in [2.45, 2.75) is 38.9 Å². The van der Waals surface area contributed by atoms with Gasteiger partial charge >= 0.3 is 0 Å². The number of nitrogens with zero attached hydrogens (tertiary/aromatic N) is 5. The Bertz CT molecular complexity index is 1250. The SMILES string of the molecule is CC(C)(C)C(=O)N1CCN(c2cc(Cl)nc(SCC(=O)N(CCc3ccccc3)Cc3ccccc3)n2)CC1. The summed E-state index contributed by atoms with van der Waals surface area (Å²) in [6.45, 7) is 9.61. The molecule has 2 aromatic carbocycles. The first-order valence-corrected chi connectivity index (χ1v) is 14.6. The monoisotopic (exact) mass is 565 g/mol. The van der Waals surface area contributed by atoms with Crippen LogP contribution in [0.15, 0.2) is 71.9 Å². The zero-order valence-electron chi connectivity index (χ0n) is 22.8. The van der Waals surface area contributed by atoms with Gasteiger partial charge in [-0.1, -0.05) is 105 Å². The van der Waals surface area contributed by atoms with Gasteiger partial charge in [0.25, 0.3) is 0 Å². The molecule has 1 aliphatic rings. The van der Waals surface area contributed by atoms with Gasteiger partial charge in [0.05, 0.1) is 5.75 Å². The smallest absolute Gasteiger partial charge is 0.233 e. The molecule has 3 aromatic rings. The number of carbonyl (C=O) groups is 2. The average Bonchev–Trinajstić information content (AvgIpc) is 2.94. The summed E-state index contributed by atoms with van der Waals surface area (Å²) in [5.41, 5.74) is 1.89. The Balaban J connectivity index is 1.38. The molecule has 1 saturated heterocycles. The van der Waals surface area contributed by atoms with Gasteiger partial charge in [-0.25, -0.2) is 9.97 Å². The zero-order valence-corrected chi connectivity index (χ0v) is 24.4. The summed E-state index contributed by atoms with van der Waals surface area (Å²) in [7, 11) is 0. The van der Waals surface area contributed by atoms with Crippen LogP contribution in [0.2, 0.25) is 5.15 Å². The Hall–Kier alpha value is -3.10.